The summed E-state index contributed by atoms with van der Waals surface area (Å²) < 4.78 is 10.8. The number of hydrogen-bond donors (Lipinski definition) is 0. The van der Waals surface area contributed by atoms with Crippen LogP contribution >= 0.6 is 0 Å². The summed E-state index contributed by atoms with van der Waals surface area (Å²) in [6, 6.07) is 80.7. The molecule has 10 nitrogen and oxygen atoms in total. The first-order valence-corrected chi connectivity index (χ1v) is 28.2. The van der Waals surface area contributed by atoms with Gasteiger partial charge in [0, 0.05) is 34.1 Å². The van der Waals surface area contributed by atoms with Gasteiger partial charge in [-0.05, 0) is 154 Å². The van der Waals surface area contributed by atoms with Crippen LogP contribution in [0, 0.1) is 0 Å². The minimum Gasteiger partial charge on any atom is -0.657 e. The summed E-state index contributed by atoms with van der Waals surface area (Å²) in [7, 11) is 2.76. The van der Waals surface area contributed by atoms with Gasteiger partial charge in [-0.15, -0.1) is 22.1 Å². The first-order valence-electron chi connectivity index (χ1n) is 28.2. The maximum atomic E-state index is 13.7. The molecule has 2 aliphatic heterocycles. The number of fused-ring (bicyclic) bond motifs is 8. The summed E-state index contributed by atoms with van der Waals surface area (Å²) in [4.78, 5) is 53.4. The minimum absolute atomic E-state index is 0. The number of esters is 2. The maximum absolute atomic E-state index is 13.7. The second-order valence-corrected chi connectivity index (χ2v) is 20.4. The molecule has 0 aliphatic carbocycles. The monoisotopic (exact) mass is 1180 g/mol. The summed E-state index contributed by atoms with van der Waals surface area (Å²) in [6.07, 6.45) is 16.0. The molecule has 0 amide bonds. The van der Waals surface area contributed by atoms with Crippen molar-refractivity contribution < 1.29 is 38.5 Å². The molecule has 0 N–H and O–H groups in total. The zero-order valence-electron chi connectivity index (χ0n) is 47.7. The number of anilines is 6. The molecule has 0 atom stereocenters. The fourth-order valence-electron chi connectivity index (χ4n) is 11.0. The fourth-order valence-corrected chi connectivity index (χ4v) is 11.0. The number of ether oxygens (including phenoxy) is 2. The molecule has 0 unspecified atom stereocenters. The van der Waals surface area contributed by atoms with Crippen molar-refractivity contribution >= 4 is 117 Å². The smallest absolute Gasteiger partial charge is 0.657 e. The van der Waals surface area contributed by atoms with E-state index in [1.807, 2.05) is 170 Å². The number of carbonyl (C=O) groups excluding carboxylic acids is 2. The molecular formula is C76H54N6O4Zn. The van der Waals surface area contributed by atoms with E-state index < -0.39 is 11.9 Å². The Bertz CT molecular complexity index is 4260. The molecule has 0 saturated heterocycles. The topological polar surface area (TPSA) is 113 Å². The first-order chi connectivity index (χ1) is 42.4. The van der Waals surface area contributed by atoms with Gasteiger partial charge in [0.05, 0.1) is 48.1 Å². The Kier molecular flexibility index (Phi) is 16.5. The average Bonchev–Trinajstić information content (AvgIpc) is 1.84. The van der Waals surface area contributed by atoms with Gasteiger partial charge in [-0.2, -0.15) is 0 Å². The molecule has 8 aromatic carbocycles. The van der Waals surface area contributed by atoms with Crippen LogP contribution in [0.1, 0.15) is 65.7 Å². The molecule has 3 aromatic heterocycles. The maximum Gasteiger partial charge on any atom is 2.00 e. The standard InChI is InChI=1S/C76H55N6O4.Zn/c1-85-75(83)61-29-17-15-27-59(61)73-69-47-43-65(77-69)63(41-35-51-31-37-57(38-32-51)81(53-19-7-3-8-20-53)54-21-9-4-10-22-54)67-45-49-71(79-67)74(60-28-16-18-30-62(60)76(84)86-2)72-50-46-68(80-72)64(66-44-48-70(73)78-66)42-36-52-33-39-58(40-34-52)82(55-23-11-5-12-24-55)56-25-13-6-14-26-56;/h3-50H,1-2H3,(H-,77,78,79,80,83,84);/q-1;+2/p-1/b41-35+,42-36+,65-63?,66-64?,67-63?,68-64?,73-69?,73-70?,74-71?,74-72?;. The van der Waals surface area contributed by atoms with Crippen LogP contribution in [0.3, 0.4) is 0 Å². The number of benzene rings is 8. The molecule has 11 heteroatoms. The first kappa shape index (κ1) is 56.5. The number of hydrogen-bond acceptors (Lipinski definition) is 8. The third-order valence-corrected chi connectivity index (χ3v) is 15.1. The van der Waals surface area contributed by atoms with Crippen molar-refractivity contribution in [1.82, 2.24) is 19.9 Å². The van der Waals surface area contributed by atoms with Crippen LogP contribution in [0.25, 0.3) is 92.9 Å². The van der Waals surface area contributed by atoms with Crippen molar-refractivity contribution in [2.75, 3.05) is 24.0 Å². The Hall–Kier alpha value is -11.0. The molecule has 5 heterocycles. The van der Waals surface area contributed by atoms with Gasteiger partial charge >= 0.3 is 31.4 Å². The summed E-state index contributed by atoms with van der Waals surface area (Å²) >= 11 is 0. The van der Waals surface area contributed by atoms with Crippen molar-refractivity contribution in [3.05, 3.63) is 299 Å². The van der Waals surface area contributed by atoms with E-state index in [0.717, 1.165) is 56.4 Å². The number of carbonyl (C=O) groups is 2. The van der Waals surface area contributed by atoms with E-state index in [4.69, 9.17) is 29.4 Å². The molecule has 0 saturated carbocycles. The van der Waals surface area contributed by atoms with E-state index in [2.05, 4.69) is 119 Å². The van der Waals surface area contributed by atoms with Crippen LogP contribution in [-0.2, 0) is 29.0 Å². The van der Waals surface area contributed by atoms with Gasteiger partial charge < -0.3 is 29.2 Å². The Morgan fingerprint density at radius 2 is 0.644 bits per heavy atom. The quantitative estimate of drug-likeness (QED) is 0.0770. The van der Waals surface area contributed by atoms with E-state index in [0.29, 0.717) is 78.2 Å². The second-order valence-electron chi connectivity index (χ2n) is 20.4. The number of nitrogens with zero attached hydrogens (tertiary/aromatic N) is 6. The second kappa shape index (κ2) is 25.5. The predicted octanol–water partition coefficient (Wildman–Crippen LogP) is 18.1. The summed E-state index contributed by atoms with van der Waals surface area (Å²) in [5.74, 6) is -0.981. The van der Waals surface area contributed by atoms with E-state index in [9.17, 15) is 9.59 Å². The van der Waals surface area contributed by atoms with Gasteiger partial charge in [-0.25, -0.2) is 19.6 Å². The van der Waals surface area contributed by atoms with Crippen LogP contribution in [0.2, 0.25) is 0 Å². The predicted molar refractivity (Wildman–Crippen MR) is 350 cm³/mol. The molecule has 0 fully saturated rings. The average molecular weight is 1180 g/mol. The Morgan fingerprint density at radius 1 is 0.345 bits per heavy atom. The number of rotatable bonds is 14. The summed E-state index contributed by atoms with van der Waals surface area (Å²) in [5.41, 5.74) is 17.6. The van der Waals surface area contributed by atoms with Crippen LogP contribution in [-0.4, -0.2) is 36.1 Å². The van der Waals surface area contributed by atoms with Crippen molar-refractivity contribution in [1.29, 1.82) is 0 Å². The molecule has 2 aliphatic rings. The fraction of sp³-hybridized carbons (Fsp3) is 0.0263. The van der Waals surface area contributed by atoms with E-state index >= 15 is 0 Å². The molecule has 0 radical (unpaired) electrons. The molecule has 87 heavy (non-hydrogen) atoms. The van der Waals surface area contributed by atoms with Crippen molar-refractivity contribution in [2.45, 2.75) is 0 Å². The van der Waals surface area contributed by atoms with Crippen LogP contribution in [0.5, 0.6) is 0 Å². The Labute approximate surface area is 517 Å². The zero-order valence-corrected chi connectivity index (χ0v) is 50.7. The SMILES string of the molecule is COC(=O)c1ccccc1-c1c2nc(c(/C=C/c3ccc(N(c4ccccc4)c4ccccc4)cc3)c3ccc([n-]3)c(-c3ccccc3C(=O)OC)c3nc(c(/C=C/c4ccc(N(c5ccccc5)c5ccccc5)cc4)c4ccc1[n-]4)C=C3)C=C2.[Zn+2]. The van der Waals surface area contributed by atoms with Crippen molar-refractivity contribution in [2.24, 2.45) is 0 Å². The summed E-state index contributed by atoms with van der Waals surface area (Å²) in [6.45, 7) is 0. The number of aromatic nitrogens is 4. The normalized spacial score (nSPS) is 11.6. The van der Waals surface area contributed by atoms with Crippen LogP contribution < -0.4 is 19.8 Å². The zero-order chi connectivity index (χ0) is 58.3. The summed E-state index contributed by atoms with van der Waals surface area (Å²) in [5, 5.41) is 0. The number of para-hydroxylation sites is 4. The Morgan fingerprint density at radius 3 is 0.989 bits per heavy atom. The minimum atomic E-state index is -0.490. The molecule has 13 rings (SSSR count). The van der Waals surface area contributed by atoms with E-state index in [1.54, 1.807) is 12.1 Å². The van der Waals surface area contributed by atoms with Gasteiger partial charge in [0.2, 0.25) is 0 Å². The van der Waals surface area contributed by atoms with Gasteiger partial charge in [0.25, 0.3) is 0 Å². The molecule has 8 bridgehead atoms. The molecule has 0 spiro atoms. The van der Waals surface area contributed by atoms with Crippen LogP contribution in [0.4, 0.5) is 34.1 Å². The molecule has 414 valence electrons. The van der Waals surface area contributed by atoms with E-state index in [-0.39, 0.29) is 19.5 Å². The van der Waals surface area contributed by atoms with Gasteiger partial charge in [-0.3, -0.25) is 0 Å². The Balaban J connectivity index is 0.00000739. The molecular weight excluding hydrogens is 1130 g/mol. The van der Waals surface area contributed by atoms with Crippen molar-refractivity contribution in [3.8, 4) is 22.3 Å². The van der Waals surface area contributed by atoms with Gasteiger partial charge in [0.1, 0.15) is 0 Å². The molecule has 11 aromatic rings. The third kappa shape index (κ3) is 11.7. The third-order valence-electron chi connectivity index (χ3n) is 15.1. The van der Waals surface area contributed by atoms with Crippen LogP contribution in [0.15, 0.2) is 243 Å². The van der Waals surface area contributed by atoms with Gasteiger partial charge in [-0.1, -0.05) is 182 Å². The van der Waals surface area contributed by atoms with Gasteiger partial charge in [0.15, 0.2) is 0 Å². The van der Waals surface area contributed by atoms with E-state index in [1.165, 1.54) is 14.2 Å². The number of methoxy groups -OCH3 is 2. The largest absolute Gasteiger partial charge is 2.00 e. The van der Waals surface area contributed by atoms with Crippen molar-refractivity contribution in [3.63, 3.8) is 0 Å².